The van der Waals surface area contributed by atoms with Crippen LogP contribution in [0.15, 0.2) is 18.2 Å². The van der Waals surface area contributed by atoms with Crippen LogP contribution >= 0.6 is 11.6 Å². The van der Waals surface area contributed by atoms with Gasteiger partial charge in [0.1, 0.15) is 11.8 Å². The molecule has 0 saturated heterocycles. The van der Waals surface area contributed by atoms with Crippen LogP contribution in [0.1, 0.15) is 19.4 Å². The second kappa shape index (κ2) is 6.13. The smallest absolute Gasteiger partial charge is 0.262 e. The minimum absolute atomic E-state index is 0.209. The first-order valence-electron chi connectivity index (χ1n) is 6.54. The van der Waals surface area contributed by atoms with Gasteiger partial charge < -0.3 is 15.4 Å². The van der Waals surface area contributed by atoms with Crippen LogP contribution in [0.25, 0.3) is 0 Å². The predicted molar refractivity (Wildman–Crippen MR) is 75.9 cm³/mol. The average Bonchev–Trinajstić information content (AvgIpc) is 2.81. The fraction of sp³-hybridized carbons (Fsp3) is 0.429. The summed E-state index contributed by atoms with van der Waals surface area (Å²) >= 11 is 5.90. The largest absolute Gasteiger partial charge is 0.480 e. The van der Waals surface area contributed by atoms with E-state index in [2.05, 4.69) is 10.6 Å². The van der Waals surface area contributed by atoms with E-state index in [9.17, 15) is 9.59 Å². The number of hydrogen-bond donors (Lipinski definition) is 2. The lowest BCUT2D eigenvalue weighted by molar-refractivity contribution is -0.132. The van der Waals surface area contributed by atoms with E-state index in [4.69, 9.17) is 16.3 Å². The molecule has 1 aromatic rings. The molecular formula is C14H17ClN2O3. The van der Waals surface area contributed by atoms with E-state index < -0.39 is 12.1 Å². The number of amides is 2. The minimum Gasteiger partial charge on any atom is -0.480 e. The SMILES string of the molecule is CCNC(=O)C(C)NC(=O)C1Cc2cc(Cl)ccc2O1. The highest BCUT2D eigenvalue weighted by Gasteiger charge is 2.30. The van der Waals surface area contributed by atoms with E-state index >= 15 is 0 Å². The molecule has 2 atom stereocenters. The first-order chi connectivity index (χ1) is 9.51. The van der Waals surface area contributed by atoms with Gasteiger partial charge in [-0.25, -0.2) is 0 Å². The van der Waals surface area contributed by atoms with Crippen molar-refractivity contribution < 1.29 is 14.3 Å². The van der Waals surface area contributed by atoms with Gasteiger partial charge in [-0.3, -0.25) is 9.59 Å². The van der Waals surface area contributed by atoms with E-state index in [-0.39, 0.29) is 11.8 Å². The molecule has 6 heteroatoms. The molecule has 1 aromatic carbocycles. The van der Waals surface area contributed by atoms with Crippen molar-refractivity contribution in [3.05, 3.63) is 28.8 Å². The summed E-state index contributed by atoms with van der Waals surface area (Å²) in [4.78, 5) is 23.6. The van der Waals surface area contributed by atoms with Gasteiger partial charge >= 0.3 is 0 Å². The number of likely N-dealkylation sites (N-methyl/N-ethyl adjacent to an activating group) is 1. The van der Waals surface area contributed by atoms with E-state index in [0.717, 1.165) is 5.56 Å². The molecule has 2 unspecified atom stereocenters. The third-order valence-electron chi connectivity index (χ3n) is 3.09. The molecule has 0 aromatic heterocycles. The van der Waals surface area contributed by atoms with Gasteiger partial charge in [0.05, 0.1) is 0 Å². The van der Waals surface area contributed by atoms with Gasteiger partial charge in [0, 0.05) is 18.0 Å². The first-order valence-corrected chi connectivity index (χ1v) is 6.92. The molecule has 0 fully saturated rings. The molecule has 0 radical (unpaired) electrons. The van der Waals surface area contributed by atoms with E-state index in [0.29, 0.717) is 23.7 Å². The summed E-state index contributed by atoms with van der Waals surface area (Å²) in [5.41, 5.74) is 0.906. The lowest BCUT2D eigenvalue weighted by Gasteiger charge is -2.16. The Kier molecular flexibility index (Phi) is 4.49. The quantitative estimate of drug-likeness (QED) is 0.880. The normalized spacial score (nSPS) is 17.9. The van der Waals surface area contributed by atoms with Gasteiger partial charge in [-0.15, -0.1) is 0 Å². The lowest BCUT2D eigenvalue weighted by Crippen LogP contribution is -2.49. The number of fused-ring (bicyclic) bond motifs is 1. The summed E-state index contributed by atoms with van der Waals surface area (Å²) in [5.74, 6) is 0.163. The first kappa shape index (κ1) is 14.7. The van der Waals surface area contributed by atoms with Crippen molar-refractivity contribution in [2.24, 2.45) is 0 Å². The van der Waals surface area contributed by atoms with Crippen molar-refractivity contribution in [1.29, 1.82) is 0 Å². The number of rotatable bonds is 4. The number of carbonyl (C=O) groups excluding carboxylic acids is 2. The fourth-order valence-corrected chi connectivity index (χ4v) is 2.26. The second-order valence-electron chi connectivity index (χ2n) is 4.69. The Morgan fingerprint density at radius 1 is 1.50 bits per heavy atom. The molecule has 0 spiro atoms. The Bertz CT molecular complexity index is 533. The number of hydrogen-bond acceptors (Lipinski definition) is 3. The maximum absolute atomic E-state index is 12.1. The summed E-state index contributed by atoms with van der Waals surface area (Å²) in [6, 6.07) is 4.67. The van der Waals surface area contributed by atoms with Gasteiger partial charge in [0.15, 0.2) is 6.10 Å². The summed E-state index contributed by atoms with van der Waals surface area (Å²) < 4.78 is 5.56. The highest BCUT2D eigenvalue weighted by Crippen LogP contribution is 2.31. The van der Waals surface area contributed by atoms with Crippen molar-refractivity contribution in [2.45, 2.75) is 32.4 Å². The molecule has 0 bridgehead atoms. The number of ether oxygens (including phenoxy) is 1. The Labute approximate surface area is 122 Å². The van der Waals surface area contributed by atoms with E-state index in [1.165, 1.54) is 0 Å². The van der Waals surface area contributed by atoms with Crippen molar-refractivity contribution in [3.63, 3.8) is 0 Å². The highest BCUT2D eigenvalue weighted by molar-refractivity contribution is 6.30. The van der Waals surface area contributed by atoms with Crippen LogP contribution in [-0.2, 0) is 16.0 Å². The maximum Gasteiger partial charge on any atom is 0.262 e. The van der Waals surface area contributed by atoms with Crippen molar-refractivity contribution >= 4 is 23.4 Å². The molecule has 0 saturated carbocycles. The second-order valence-corrected chi connectivity index (χ2v) is 5.12. The molecule has 1 heterocycles. The third kappa shape index (κ3) is 3.22. The molecule has 20 heavy (non-hydrogen) atoms. The Morgan fingerprint density at radius 3 is 2.95 bits per heavy atom. The number of benzene rings is 1. The summed E-state index contributed by atoms with van der Waals surface area (Å²) in [5, 5.41) is 5.92. The molecular weight excluding hydrogens is 280 g/mol. The number of carbonyl (C=O) groups is 2. The highest BCUT2D eigenvalue weighted by atomic mass is 35.5. The van der Waals surface area contributed by atoms with Gasteiger partial charge in [0.25, 0.3) is 5.91 Å². The number of halogens is 1. The Morgan fingerprint density at radius 2 is 2.25 bits per heavy atom. The zero-order chi connectivity index (χ0) is 14.7. The fourth-order valence-electron chi connectivity index (χ4n) is 2.06. The molecule has 0 aliphatic carbocycles. The van der Waals surface area contributed by atoms with Crippen LogP contribution < -0.4 is 15.4 Å². The van der Waals surface area contributed by atoms with Gasteiger partial charge in [-0.2, -0.15) is 0 Å². The molecule has 2 rings (SSSR count). The van der Waals surface area contributed by atoms with Crippen molar-refractivity contribution in [1.82, 2.24) is 10.6 Å². The Hall–Kier alpha value is -1.75. The minimum atomic E-state index is -0.611. The standard InChI is InChI=1S/C14H17ClN2O3/c1-3-16-13(18)8(2)17-14(19)12-7-9-6-10(15)4-5-11(9)20-12/h4-6,8,12H,3,7H2,1-2H3,(H,16,18)(H,17,19). The summed E-state index contributed by atoms with van der Waals surface area (Å²) in [6.07, 6.45) is -0.149. The van der Waals surface area contributed by atoms with Crippen LogP contribution in [0.2, 0.25) is 5.02 Å². The summed E-state index contributed by atoms with van der Waals surface area (Å²) in [7, 11) is 0. The van der Waals surface area contributed by atoms with Gasteiger partial charge in [-0.1, -0.05) is 11.6 Å². The molecule has 2 N–H and O–H groups in total. The van der Waals surface area contributed by atoms with Crippen LogP contribution in [0.3, 0.4) is 0 Å². The molecule has 108 valence electrons. The maximum atomic E-state index is 12.1. The molecule has 5 nitrogen and oxygen atoms in total. The van der Waals surface area contributed by atoms with Gasteiger partial charge in [-0.05, 0) is 37.6 Å². The van der Waals surface area contributed by atoms with Crippen molar-refractivity contribution in [3.8, 4) is 5.75 Å². The Balaban J connectivity index is 1.94. The predicted octanol–water partition coefficient (Wildman–Crippen LogP) is 1.28. The van der Waals surface area contributed by atoms with Gasteiger partial charge in [0.2, 0.25) is 5.91 Å². The lowest BCUT2D eigenvalue weighted by atomic mass is 10.1. The molecule has 1 aliphatic rings. The van der Waals surface area contributed by atoms with Crippen LogP contribution in [0.5, 0.6) is 5.75 Å². The molecule has 2 amide bonds. The zero-order valence-corrected chi connectivity index (χ0v) is 12.2. The molecule has 1 aliphatic heterocycles. The van der Waals surface area contributed by atoms with E-state index in [1.807, 2.05) is 6.92 Å². The van der Waals surface area contributed by atoms with Crippen LogP contribution in [0, 0.1) is 0 Å². The number of nitrogens with one attached hydrogen (secondary N) is 2. The van der Waals surface area contributed by atoms with Crippen molar-refractivity contribution in [2.75, 3.05) is 6.54 Å². The third-order valence-corrected chi connectivity index (χ3v) is 3.33. The van der Waals surface area contributed by atoms with Crippen LogP contribution in [-0.4, -0.2) is 30.5 Å². The van der Waals surface area contributed by atoms with Crippen LogP contribution in [0.4, 0.5) is 0 Å². The topological polar surface area (TPSA) is 67.4 Å². The van der Waals surface area contributed by atoms with E-state index in [1.54, 1.807) is 25.1 Å². The average molecular weight is 297 g/mol. The monoisotopic (exact) mass is 296 g/mol. The zero-order valence-electron chi connectivity index (χ0n) is 11.4. The summed E-state index contributed by atoms with van der Waals surface area (Å²) in [6.45, 7) is 4.00.